The molecule has 1 aliphatic rings. The molecule has 0 saturated carbocycles. The minimum atomic E-state index is -0.330. The van der Waals surface area contributed by atoms with Crippen LogP contribution in [0.4, 0.5) is 0 Å². The van der Waals surface area contributed by atoms with Gasteiger partial charge in [-0.1, -0.05) is 6.07 Å². The molecule has 4 nitrogen and oxygen atoms in total. The monoisotopic (exact) mass is 220 g/mol. The first kappa shape index (κ1) is 11.5. The maximum atomic E-state index is 6.51. The van der Waals surface area contributed by atoms with Crippen LogP contribution < -0.4 is 11.5 Å². The third kappa shape index (κ3) is 2.09. The number of hydrogen-bond donors (Lipinski definition) is 2. The molecule has 88 valence electrons. The van der Waals surface area contributed by atoms with Crippen molar-refractivity contribution in [1.82, 2.24) is 9.88 Å². The van der Waals surface area contributed by atoms with Gasteiger partial charge in [0.1, 0.15) is 0 Å². The highest BCUT2D eigenvalue weighted by molar-refractivity contribution is 5.20. The van der Waals surface area contributed by atoms with Crippen LogP contribution in [0.2, 0.25) is 0 Å². The molecule has 1 aromatic rings. The van der Waals surface area contributed by atoms with Crippen molar-refractivity contribution in [3.05, 3.63) is 30.1 Å². The van der Waals surface area contributed by atoms with Crippen LogP contribution in [0.5, 0.6) is 0 Å². The van der Waals surface area contributed by atoms with Crippen molar-refractivity contribution in [2.45, 2.75) is 24.9 Å². The summed E-state index contributed by atoms with van der Waals surface area (Å²) < 4.78 is 0. The van der Waals surface area contributed by atoms with E-state index in [1.165, 1.54) is 0 Å². The van der Waals surface area contributed by atoms with Gasteiger partial charge in [0.2, 0.25) is 0 Å². The molecule has 16 heavy (non-hydrogen) atoms. The zero-order valence-corrected chi connectivity index (χ0v) is 9.60. The van der Waals surface area contributed by atoms with E-state index in [2.05, 4.69) is 16.0 Å². The van der Waals surface area contributed by atoms with E-state index in [0.717, 1.165) is 44.5 Å². The van der Waals surface area contributed by atoms with Crippen LogP contribution in [-0.2, 0) is 5.66 Å². The Morgan fingerprint density at radius 2 is 2.38 bits per heavy atom. The van der Waals surface area contributed by atoms with Gasteiger partial charge in [-0.2, -0.15) is 0 Å². The Kier molecular flexibility index (Phi) is 3.53. The maximum absolute atomic E-state index is 6.51. The van der Waals surface area contributed by atoms with Crippen LogP contribution in [-0.4, -0.2) is 29.5 Å². The summed E-state index contributed by atoms with van der Waals surface area (Å²) in [7, 11) is 0. The van der Waals surface area contributed by atoms with E-state index in [-0.39, 0.29) is 5.66 Å². The first-order valence-electron chi connectivity index (χ1n) is 5.92. The van der Waals surface area contributed by atoms with Crippen molar-refractivity contribution in [2.24, 2.45) is 11.5 Å². The first-order chi connectivity index (χ1) is 7.77. The molecule has 0 bridgehead atoms. The van der Waals surface area contributed by atoms with Gasteiger partial charge >= 0.3 is 0 Å². The van der Waals surface area contributed by atoms with E-state index in [9.17, 15) is 0 Å². The number of pyridine rings is 1. The third-order valence-corrected chi connectivity index (χ3v) is 3.34. The molecule has 2 heterocycles. The standard InChI is InChI=1S/C12H20N4/c13-6-3-9-16-8-2-5-12(16,14)11-4-1-7-15-10-11/h1,4,7,10H,2-3,5-6,8-9,13-14H2. The minimum absolute atomic E-state index is 0.330. The Morgan fingerprint density at radius 1 is 1.50 bits per heavy atom. The van der Waals surface area contributed by atoms with Crippen LogP contribution in [0.25, 0.3) is 0 Å². The van der Waals surface area contributed by atoms with E-state index in [1.54, 1.807) is 6.20 Å². The van der Waals surface area contributed by atoms with Gasteiger partial charge < -0.3 is 11.5 Å². The Bertz CT molecular complexity index is 327. The number of nitrogens with zero attached hydrogens (tertiary/aromatic N) is 2. The lowest BCUT2D eigenvalue weighted by Gasteiger charge is -2.35. The smallest absolute Gasteiger partial charge is 0.0965 e. The second-order valence-corrected chi connectivity index (χ2v) is 4.40. The van der Waals surface area contributed by atoms with Crippen molar-refractivity contribution in [3.63, 3.8) is 0 Å². The minimum Gasteiger partial charge on any atom is -0.330 e. The molecule has 0 aromatic carbocycles. The summed E-state index contributed by atoms with van der Waals surface area (Å²) in [5.41, 5.74) is 12.8. The summed E-state index contributed by atoms with van der Waals surface area (Å²) in [5, 5.41) is 0. The molecule has 0 radical (unpaired) electrons. The van der Waals surface area contributed by atoms with Gasteiger partial charge in [-0.25, -0.2) is 0 Å². The molecule has 4 heteroatoms. The highest BCUT2D eigenvalue weighted by atomic mass is 15.3. The van der Waals surface area contributed by atoms with Gasteiger partial charge in [0.25, 0.3) is 0 Å². The molecule has 1 aromatic heterocycles. The van der Waals surface area contributed by atoms with E-state index in [4.69, 9.17) is 11.5 Å². The van der Waals surface area contributed by atoms with Crippen LogP contribution in [0.3, 0.4) is 0 Å². The van der Waals surface area contributed by atoms with E-state index in [0.29, 0.717) is 0 Å². The molecular formula is C12H20N4. The molecule has 1 atom stereocenters. The molecule has 1 unspecified atom stereocenters. The Hall–Kier alpha value is -0.970. The molecule has 1 saturated heterocycles. The average molecular weight is 220 g/mol. The number of likely N-dealkylation sites (tertiary alicyclic amines) is 1. The molecule has 4 N–H and O–H groups in total. The van der Waals surface area contributed by atoms with E-state index in [1.807, 2.05) is 12.3 Å². The highest BCUT2D eigenvalue weighted by Crippen LogP contribution is 2.33. The molecule has 0 aliphatic carbocycles. The largest absolute Gasteiger partial charge is 0.330 e. The number of aromatic nitrogens is 1. The molecule has 0 spiro atoms. The van der Waals surface area contributed by atoms with Gasteiger partial charge in [-0.15, -0.1) is 0 Å². The predicted octanol–water partition coefficient (Wildman–Crippen LogP) is 0.638. The fourth-order valence-electron chi connectivity index (χ4n) is 2.44. The van der Waals surface area contributed by atoms with Gasteiger partial charge in [0, 0.05) is 31.0 Å². The summed E-state index contributed by atoms with van der Waals surface area (Å²) >= 11 is 0. The van der Waals surface area contributed by atoms with Crippen molar-refractivity contribution < 1.29 is 0 Å². The lowest BCUT2D eigenvalue weighted by Crippen LogP contribution is -2.49. The van der Waals surface area contributed by atoms with Crippen molar-refractivity contribution >= 4 is 0 Å². The van der Waals surface area contributed by atoms with Crippen LogP contribution in [0, 0.1) is 0 Å². The zero-order chi connectivity index (χ0) is 11.4. The normalized spacial score (nSPS) is 26.1. The lowest BCUT2D eigenvalue weighted by atomic mass is 9.99. The maximum Gasteiger partial charge on any atom is 0.0965 e. The Labute approximate surface area is 96.6 Å². The number of hydrogen-bond acceptors (Lipinski definition) is 4. The van der Waals surface area contributed by atoms with Gasteiger partial charge in [0.05, 0.1) is 5.66 Å². The summed E-state index contributed by atoms with van der Waals surface area (Å²) in [6.45, 7) is 2.76. The first-order valence-corrected chi connectivity index (χ1v) is 5.92. The predicted molar refractivity (Wildman–Crippen MR) is 64.6 cm³/mol. The lowest BCUT2D eigenvalue weighted by molar-refractivity contribution is 0.142. The van der Waals surface area contributed by atoms with Crippen molar-refractivity contribution in [1.29, 1.82) is 0 Å². The summed E-state index contributed by atoms with van der Waals surface area (Å²) in [5.74, 6) is 0. The second kappa shape index (κ2) is 4.91. The van der Waals surface area contributed by atoms with Crippen molar-refractivity contribution in [2.75, 3.05) is 19.6 Å². The summed E-state index contributed by atoms with van der Waals surface area (Å²) in [4.78, 5) is 6.49. The number of nitrogens with two attached hydrogens (primary N) is 2. The van der Waals surface area contributed by atoms with E-state index >= 15 is 0 Å². The molecular weight excluding hydrogens is 200 g/mol. The highest BCUT2D eigenvalue weighted by Gasteiger charge is 2.38. The Balaban J connectivity index is 2.16. The topological polar surface area (TPSA) is 68.2 Å². The van der Waals surface area contributed by atoms with E-state index < -0.39 is 0 Å². The average Bonchev–Trinajstić information content (AvgIpc) is 2.71. The van der Waals surface area contributed by atoms with Gasteiger partial charge in [-0.05, 0) is 31.9 Å². The fraction of sp³-hybridized carbons (Fsp3) is 0.583. The van der Waals surface area contributed by atoms with Crippen molar-refractivity contribution in [3.8, 4) is 0 Å². The number of rotatable bonds is 4. The van der Waals surface area contributed by atoms with Crippen LogP contribution in [0.1, 0.15) is 24.8 Å². The quantitative estimate of drug-likeness (QED) is 0.781. The van der Waals surface area contributed by atoms with Gasteiger partial charge in [0.15, 0.2) is 0 Å². The van der Waals surface area contributed by atoms with Crippen LogP contribution >= 0.6 is 0 Å². The van der Waals surface area contributed by atoms with Crippen LogP contribution in [0.15, 0.2) is 24.5 Å². The SMILES string of the molecule is NCCCN1CCCC1(N)c1cccnc1. The van der Waals surface area contributed by atoms with Gasteiger partial charge in [-0.3, -0.25) is 9.88 Å². The molecule has 0 amide bonds. The summed E-state index contributed by atoms with van der Waals surface area (Å²) in [6, 6.07) is 4.01. The fourth-order valence-corrected chi connectivity index (χ4v) is 2.44. The molecule has 1 aliphatic heterocycles. The zero-order valence-electron chi connectivity index (χ0n) is 9.60. The second-order valence-electron chi connectivity index (χ2n) is 4.40. The Morgan fingerprint density at radius 3 is 3.06 bits per heavy atom. The summed E-state index contributed by atoms with van der Waals surface area (Å²) in [6.07, 6.45) is 6.81. The third-order valence-electron chi connectivity index (χ3n) is 3.34. The molecule has 1 fully saturated rings. The molecule has 2 rings (SSSR count).